The minimum Gasteiger partial charge on any atom is -0.276 e. The Morgan fingerprint density at radius 3 is 1.40 bits per heavy atom. The maximum Gasteiger partial charge on any atom is 0.416 e. The number of rotatable bonds is 1. The molecule has 0 saturated carbocycles. The molecule has 4 heterocycles. The molecule has 4 aromatic heterocycles. The third-order valence-electron chi connectivity index (χ3n) is 8.73. The number of halogens is 3. The largest absolute Gasteiger partial charge is 0.416 e. The van der Waals surface area contributed by atoms with E-state index in [1.807, 2.05) is 36.4 Å². The normalized spacial score (nSPS) is 13.0. The molecule has 0 amide bonds. The Labute approximate surface area is 240 Å². The van der Waals surface area contributed by atoms with Crippen molar-refractivity contribution in [3.8, 4) is 11.1 Å². The van der Waals surface area contributed by atoms with E-state index in [1.54, 1.807) is 12.1 Å². The van der Waals surface area contributed by atoms with Gasteiger partial charge in [0.15, 0.2) is 0 Å². The molecule has 0 aliphatic carbocycles. The third kappa shape index (κ3) is 2.97. The summed E-state index contributed by atoms with van der Waals surface area (Å²) in [4.78, 5) is 10.2. The molecule has 43 heavy (non-hydrogen) atoms. The molecule has 10 aromatic rings. The van der Waals surface area contributed by atoms with Crippen LogP contribution in [0.3, 0.4) is 0 Å². The molecule has 0 aliphatic heterocycles. The fourth-order valence-corrected chi connectivity index (χ4v) is 6.76. The van der Waals surface area contributed by atoms with Crippen LogP contribution in [0.15, 0.2) is 109 Å². The molecule has 8 heteroatoms. The van der Waals surface area contributed by atoms with Gasteiger partial charge in [-0.05, 0) is 81.2 Å². The second-order valence-electron chi connectivity index (χ2n) is 11.1. The van der Waals surface area contributed by atoms with E-state index in [4.69, 9.17) is 9.97 Å². The van der Waals surface area contributed by atoms with Crippen LogP contribution >= 0.6 is 0 Å². The van der Waals surface area contributed by atoms with Crippen LogP contribution in [0.2, 0.25) is 0 Å². The quantitative estimate of drug-likeness (QED) is 0.199. The lowest BCUT2D eigenvalue weighted by Gasteiger charge is -2.09. The Morgan fingerprint density at radius 2 is 0.930 bits per heavy atom. The third-order valence-corrected chi connectivity index (χ3v) is 8.73. The fraction of sp³-hybridized carbons (Fsp3) is 0.0286. The summed E-state index contributed by atoms with van der Waals surface area (Å²) in [7, 11) is 0. The Balaban J connectivity index is 1.39. The average Bonchev–Trinajstić information content (AvgIpc) is 3.73. The molecule has 5 nitrogen and oxygen atoms in total. The number of nitrogens with zero attached hydrogens (tertiary/aromatic N) is 5. The van der Waals surface area contributed by atoms with Gasteiger partial charge >= 0.3 is 6.18 Å². The van der Waals surface area contributed by atoms with Crippen molar-refractivity contribution >= 4 is 71.7 Å². The number of imidazole rings is 4. The molecule has 6 aromatic carbocycles. The van der Waals surface area contributed by atoms with Crippen LogP contribution in [-0.2, 0) is 6.18 Å². The molecule has 0 N–H and O–H groups in total. The van der Waals surface area contributed by atoms with Gasteiger partial charge in [-0.1, -0.05) is 60.7 Å². The van der Waals surface area contributed by atoms with Crippen LogP contribution in [0.25, 0.3) is 82.8 Å². The standard InChI is InChI=1S/C35H18F3N5/c36-35(37,38)25-11-9-19(10-12-25)24-17-30-32-31(18-24)42-29-16-23-8-4-2-6-21(23)14-27(29)40-34(42)43(32)33-39-26-13-20-5-1-3-7-22(20)15-28(26)41(30)33/h1-18H. The van der Waals surface area contributed by atoms with Crippen molar-refractivity contribution in [1.82, 2.24) is 23.2 Å². The van der Waals surface area contributed by atoms with Gasteiger partial charge in [0, 0.05) is 0 Å². The highest BCUT2D eigenvalue weighted by atomic mass is 19.4. The summed E-state index contributed by atoms with van der Waals surface area (Å²) in [6.07, 6.45) is -4.40. The van der Waals surface area contributed by atoms with E-state index in [-0.39, 0.29) is 0 Å². The maximum absolute atomic E-state index is 13.4. The van der Waals surface area contributed by atoms with E-state index in [9.17, 15) is 13.2 Å². The zero-order valence-corrected chi connectivity index (χ0v) is 22.3. The monoisotopic (exact) mass is 565 g/mol. The predicted molar refractivity (Wildman–Crippen MR) is 164 cm³/mol. The van der Waals surface area contributed by atoms with Crippen molar-refractivity contribution in [2.24, 2.45) is 0 Å². The summed E-state index contributed by atoms with van der Waals surface area (Å²) in [5.41, 5.74) is 7.29. The van der Waals surface area contributed by atoms with E-state index in [0.29, 0.717) is 5.56 Å². The smallest absolute Gasteiger partial charge is 0.276 e. The molecular weight excluding hydrogens is 547 g/mol. The number of fused-ring (bicyclic) bond motifs is 12. The van der Waals surface area contributed by atoms with Crippen molar-refractivity contribution in [1.29, 1.82) is 0 Å². The zero-order chi connectivity index (χ0) is 28.6. The molecule has 0 unspecified atom stereocenters. The van der Waals surface area contributed by atoms with E-state index in [1.165, 1.54) is 0 Å². The number of aromatic nitrogens is 5. The summed E-state index contributed by atoms with van der Waals surface area (Å²) in [5.74, 6) is 1.48. The van der Waals surface area contributed by atoms with Gasteiger partial charge in [-0.25, -0.2) is 14.4 Å². The van der Waals surface area contributed by atoms with Crippen LogP contribution in [-0.4, -0.2) is 23.2 Å². The lowest BCUT2D eigenvalue weighted by Crippen LogP contribution is -2.03. The first-order valence-corrected chi connectivity index (χ1v) is 13.9. The van der Waals surface area contributed by atoms with Crippen molar-refractivity contribution in [2.45, 2.75) is 6.18 Å². The van der Waals surface area contributed by atoms with Crippen LogP contribution in [0.4, 0.5) is 13.2 Å². The number of hydrogen-bond donors (Lipinski definition) is 0. The molecule has 204 valence electrons. The van der Waals surface area contributed by atoms with E-state index >= 15 is 0 Å². The molecular formula is C35H18F3N5. The minimum absolute atomic E-state index is 0.669. The second-order valence-corrected chi connectivity index (χ2v) is 11.1. The lowest BCUT2D eigenvalue weighted by molar-refractivity contribution is -0.137. The first-order chi connectivity index (χ1) is 20.9. The van der Waals surface area contributed by atoms with Crippen molar-refractivity contribution < 1.29 is 13.2 Å². The van der Waals surface area contributed by atoms with Crippen molar-refractivity contribution in [2.75, 3.05) is 0 Å². The van der Waals surface area contributed by atoms with Gasteiger partial charge in [0.2, 0.25) is 11.6 Å². The van der Waals surface area contributed by atoms with Gasteiger partial charge < -0.3 is 0 Å². The van der Waals surface area contributed by atoms with E-state index in [2.05, 4.69) is 61.7 Å². The van der Waals surface area contributed by atoms with Gasteiger partial charge in [-0.3, -0.25) is 8.80 Å². The lowest BCUT2D eigenvalue weighted by atomic mass is 10.0. The Kier molecular flexibility index (Phi) is 4.06. The zero-order valence-electron chi connectivity index (χ0n) is 22.3. The van der Waals surface area contributed by atoms with Crippen LogP contribution in [0, 0.1) is 0 Å². The van der Waals surface area contributed by atoms with Gasteiger partial charge in [-0.15, -0.1) is 0 Å². The molecule has 0 saturated heterocycles. The fourth-order valence-electron chi connectivity index (χ4n) is 6.76. The van der Waals surface area contributed by atoms with Crippen LogP contribution < -0.4 is 0 Å². The van der Waals surface area contributed by atoms with Crippen LogP contribution in [0.5, 0.6) is 0 Å². The second kappa shape index (κ2) is 7.60. The summed E-state index contributed by atoms with van der Waals surface area (Å²) < 4.78 is 46.5. The minimum atomic E-state index is -4.40. The van der Waals surface area contributed by atoms with Gasteiger partial charge in [0.05, 0.1) is 38.7 Å². The van der Waals surface area contributed by atoms with Crippen molar-refractivity contribution in [3.63, 3.8) is 0 Å². The highest BCUT2D eigenvalue weighted by Crippen LogP contribution is 2.39. The summed E-state index contributed by atoms with van der Waals surface area (Å²) in [5, 5.41) is 4.42. The van der Waals surface area contributed by atoms with Crippen molar-refractivity contribution in [3.05, 3.63) is 115 Å². The summed E-state index contributed by atoms with van der Waals surface area (Å²) in [6, 6.07) is 34.4. The average molecular weight is 566 g/mol. The van der Waals surface area contributed by atoms with Gasteiger partial charge in [0.25, 0.3) is 0 Å². The SMILES string of the molecule is FC(F)(F)c1ccc(-c2cc3c4c(c2)n2c5cc6ccccc6cc5nc2n4c2nc4cc5ccccc5cc4n32)cc1. The molecule has 0 bridgehead atoms. The molecule has 10 rings (SSSR count). The Hall–Kier alpha value is -5.63. The van der Waals surface area contributed by atoms with E-state index in [0.717, 1.165) is 89.4 Å². The molecule has 0 atom stereocenters. The number of hydrogen-bond acceptors (Lipinski definition) is 2. The highest BCUT2D eigenvalue weighted by Gasteiger charge is 2.30. The summed E-state index contributed by atoms with van der Waals surface area (Å²) >= 11 is 0. The topological polar surface area (TPSA) is 39.0 Å². The first-order valence-electron chi connectivity index (χ1n) is 13.9. The molecule has 0 fully saturated rings. The predicted octanol–water partition coefficient (Wildman–Crippen LogP) is 9.12. The number of alkyl halides is 3. The highest BCUT2D eigenvalue weighted by molar-refractivity contribution is 6.08. The van der Waals surface area contributed by atoms with Gasteiger partial charge in [0.1, 0.15) is 5.52 Å². The van der Waals surface area contributed by atoms with Crippen LogP contribution in [0.1, 0.15) is 5.56 Å². The number of benzene rings is 6. The summed E-state index contributed by atoms with van der Waals surface area (Å²) in [6.45, 7) is 0. The Morgan fingerprint density at radius 1 is 0.465 bits per heavy atom. The Bertz CT molecular complexity index is 2610. The molecule has 0 spiro atoms. The first kappa shape index (κ1) is 23.0. The van der Waals surface area contributed by atoms with Gasteiger partial charge in [-0.2, -0.15) is 13.2 Å². The molecule has 0 radical (unpaired) electrons. The molecule has 0 aliphatic rings. The van der Waals surface area contributed by atoms with E-state index < -0.39 is 11.7 Å². The maximum atomic E-state index is 13.4.